The van der Waals surface area contributed by atoms with Gasteiger partial charge in [0.05, 0.1) is 18.0 Å². The number of benzene rings is 2. The van der Waals surface area contributed by atoms with Gasteiger partial charge in [0, 0.05) is 5.02 Å². The van der Waals surface area contributed by atoms with Gasteiger partial charge in [-0.05, 0) is 63.4 Å². The second-order valence-electron chi connectivity index (χ2n) is 7.26. The van der Waals surface area contributed by atoms with Crippen molar-refractivity contribution < 1.29 is 13.2 Å². The number of hydrogen-bond donors (Lipinski definition) is 1. The Kier molecular flexibility index (Phi) is 6.78. The van der Waals surface area contributed by atoms with E-state index in [0.717, 1.165) is 32.8 Å². The first-order valence-corrected chi connectivity index (χ1v) is 11.3. The van der Waals surface area contributed by atoms with Gasteiger partial charge >= 0.3 is 0 Å². The lowest BCUT2D eigenvalue weighted by molar-refractivity contribution is -0.122. The predicted molar refractivity (Wildman–Crippen MR) is 115 cm³/mol. The predicted octanol–water partition coefficient (Wildman–Crippen LogP) is 4.30. The number of carbonyl (C=O) groups is 1. The number of aryl methyl sites for hydroxylation is 3. The highest BCUT2D eigenvalue weighted by molar-refractivity contribution is 7.92. The van der Waals surface area contributed by atoms with Gasteiger partial charge in [-0.1, -0.05) is 41.4 Å². The van der Waals surface area contributed by atoms with Crippen molar-refractivity contribution in [1.29, 1.82) is 0 Å². The number of hydrogen-bond acceptors (Lipinski definition) is 3. The van der Waals surface area contributed by atoms with Crippen molar-refractivity contribution in [2.24, 2.45) is 0 Å². The first-order chi connectivity index (χ1) is 12.9. The van der Waals surface area contributed by atoms with Crippen LogP contribution in [0.4, 0.5) is 5.69 Å². The number of amides is 1. The summed E-state index contributed by atoms with van der Waals surface area (Å²) in [4.78, 5) is 12.9. The number of carbonyl (C=O) groups excluding carboxylic acids is 1. The first kappa shape index (κ1) is 22.2. The SMILES string of the molecule is Cc1ccc([C@H](C)NC(=O)[C@@H](C)N(c2ccc(C)c(Cl)c2)S(C)(=O)=O)c(C)c1. The molecule has 0 aliphatic heterocycles. The Morgan fingerprint density at radius 3 is 2.21 bits per heavy atom. The van der Waals surface area contributed by atoms with Crippen LogP contribution in [0.25, 0.3) is 0 Å². The third kappa shape index (κ3) is 5.06. The van der Waals surface area contributed by atoms with Crippen LogP contribution in [0.1, 0.15) is 42.1 Å². The number of anilines is 1. The Morgan fingerprint density at radius 2 is 1.68 bits per heavy atom. The molecule has 0 spiro atoms. The molecule has 152 valence electrons. The van der Waals surface area contributed by atoms with E-state index in [1.807, 2.05) is 39.8 Å². The third-order valence-corrected chi connectivity index (χ3v) is 6.40. The molecule has 0 aromatic heterocycles. The Labute approximate surface area is 172 Å². The van der Waals surface area contributed by atoms with E-state index in [4.69, 9.17) is 11.6 Å². The van der Waals surface area contributed by atoms with E-state index in [1.165, 1.54) is 0 Å². The van der Waals surface area contributed by atoms with Gasteiger partial charge in [0.25, 0.3) is 0 Å². The molecule has 1 N–H and O–H groups in total. The minimum Gasteiger partial charge on any atom is -0.348 e. The monoisotopic (exact) mass is 422 g/mol. The van der Waals surface area contributed by atoms with Gasteiger partial charge in [0.15, 0.2) is 0 Å². The number of nitrogens with zero attached hydrogens (tertiary/aromatic N) is 1. The average molecular weight is 423 g/mol. The van der Waals surface area contributed by atoms with Gasteiger partial charge < -0.3 is 5.32 Å². The smallest absolute Gasteiger partial charge is 0.244 e. The number of rotatable bonds is 6. The van der Waals surface area contributed by atoms with Gasteiger partial charge in [-0.25, -0.2) is 8.42 Å². The maximum Gasteiger partial charge on any atom is 0.244 e. The molecule has 0 bridgehead atoms. The zero-order chi connectivity index (χ0) is 21.2. The van der Waals surface area contributed by atoms with Crippen molar-refractivity contribution in [2.75, 3.05) is 10.6 Å². The van der Waals surface area contributed by atoms with Crippen LogP contribution in [0.2, 0.25) is 5.02 Å². The van der Waals surface area contributed by atoms with E-state index in [9.17, 15) is 13.2 Å². The molecule has 2 rings (SSSR count). The lowest BCUT2D eigenvalue weighted by atomic mass is 10.00. The molecule has 2 aromatic rings. The lowest BCUT2D eigenvalue weighted by Gasteiger charge is -2.29. The zero-order valence-corrected chi connectivity index (χ0v) is 18.6. The average Bonchev–Trinajstić information content (AvgIpc) is 2.56. The molecule has 7 heteroatoms. The first-order valence-electron chi connectivity index (χ1n) is 9.05. The number of halogens is 1. The lowest BCUT2D eigenvalue weighted by Crippen LogP contribution is -2.48. The molecule has 0 radical (unpaired) electrons. The second-order valence-corrected chi connectivity index (χ2v) is 9.53. The van der Waals surface area contributed by atoms with Crippen molar-refractivity contribution in [3.05, 3.63) is 63.7 Å². The molecule has 0 aliphatic rings. The van der Waals surface area contributed by atoms with Gasteiger partial charge in [-0.15, -0.1) is 0 Å². The molecule has 0 saturated heterocycles. The summed E-state index contributed by atoms with van der Waals surface area (Å²) in [5.74, 6) is -0.380. The van der Waals surface area contributed by atoms with Crippen LogP contribution >= 0.6 is 11.6 Å². The van der Waals surface area contributed by atoms with E-state index in [-0.39, 0.29) is 11.9 Å². The Balaban J connectivity index is 2.29. The molecule has 0 heterocycles. The molecule has 0 saturated carbocycles. The van der Waals surface area contributed by atoms with Gasteiger partial charge in [-0.2, -0.15) is 0 Å². The molecular formula is C21H27ClN2O3S. The molecule has 0 aliphatic carbocycles. The molecule has 0 unspecified atom stereocenters. The normalized spacial score (nSPS) is 13.7. The fourth-order valence-corrected chi connectivity index (χ4v) is 4.59. The molecule has 1 amide bonds. The van der Waals surface area contributed by atoms with Crippen LogP contribution in [0.3, 0.4) is 0 Å². The highest BCUT2D eigenvalue weighted by Crippen LogP contribution is 2.27. The molecule has 2 atom stereocenters. The summed E-state index contributed by atoms with van der Waals surface area (Å²) in [6.07, 6.45) is 1.08. The van der Waals surface area contributed by atoms with Crippen molar-refractivity contribution >= 4 is 33.2 Å². The van der Waals surface area contributed by atoms with E-state index in [1.54, 1.807) is 25.1 Å². The molecule has 0 fully saturated rings. The zero-order valence-electron chi connectivity index (χ0n) is 17.1. The third-order valence-electron chi connectivity index (χ3n) is 4.75. The highest BCUT2D eigenvalue weighted by Gasteiger charge is 2.30. The van der Waals surface area contributed by atoms with Crippen molar-refractivity contribution in [3.8, 4) is 0 Å². The van der Waals surface area contributed by atoms with Gasteiger partial charge in [0.1, 0.15) is 6.04 Å². The van der Waals surface area contributed by atoms with Crippen LogP contribution < -0.4 is 9.62 Å². The van der Waals surface area contributed by atoms with E-state index >= 15 is 0 Å². The summed E-state index contributed by atoms with van der Waals surface area (Å²) < 4.78 is 25.9. The Bertz CT molecular complexity index is 989. The quantitative estimate of drug-likeness (QED) is 0.754. The van der Waals surface area contributed by atoms with Gasteiger partial charge in [-0.3, -0.25) is 9.10 Å². The molecule has 2 aromatic carbocycles. The summed E-state index contributed by atoms with van der Waals surface area (Å²) in [5.41, 5.74) is 4.41. The summed E-state index contributed by atoms with van der Waals surface area (Å²) in [5, 5.41) is 3.37. The minimum absolute atomic E-state index is 0.251. The van der Waals surface area contributed by atoms with Crippen molar-refractivity contribution in [2.45, 2.75) is 46.7 Å². The summed E-state index contributed by atoms with van der Waals surface area (Å²) in [6.45, 7) is 9.29. The van der Waals surface area contributed by atoms with Gasteiger partial charge in [0.2, 0.25) is 15.9 Å². The largest absolute Gasteiger partial charge is 0.348 e. The molecule has 28 heavy (non-hydrogen) atoms. The van der Waals surface area contributed by atoms with Crippen LogP contribution in [0.5, 0.6) is 0 Å². The fourth-order valence-electron chi connectivity index (χ4n) is 3.25. The Morgan fingerprint density at radius 1 is 1.04 bits per heavy atom. The van der Waals surface area contributed by atoms with E-state index in [0.29, 0.717) is 10.7 Å². The van der Waals surface area contributed by atoms with E-state index < -0.39 is 16.1 Å². The summed E-state index contributed by atoms with van der Waals surface area (Å²) in [6, 6.07) is 9.80. The maximum absolute atomic E-state index is 12.9. The number of nitrogens with one attached hydrogen (secondary N) is 1. The van der Waals surface area contributed by atoms with Crippen LogP contribution in [0.15, 0.2) is 36.4 Å². The second kappa shape index (κ2) is 8.53. The summed E-state index contributed by atoms with van der Waals surface area (Å²) >= 11 is 6.16. The highest BCUT2D eigenvalue weighted by atomic mass is 35.5. The van der Waals surface area contributed by atoms with Crippen molar-refractivity contribution in [1.82, 2.24) is 5.32 Å². The maximum atomic E-state index is 12.9. The molecule has 5 nitrogen and oxygen atoms in total. The standard InChI is InChI=1S/C21H27ClN2O3S/c1-13-7-10-19(15(3)11-13)16(4)23-21(25)17(5)24(28(6,26)27)18-9-8-14(2)20(22)12-18/h7-12,16-17H,1-6H3,(H,23,25)/t16-,17+/m0/s1. The summed E-state index contributed by atoms with van der Waals surface area (Å²) in [7, 11) is -3.69. The molecular weight excluding hydrogens is 396 g/mol. The van der Waals surface area contributed by atoms with E-state index in [2.05, 4.69) is 11.4 Å². The Hall–Kier alpha value is -2.05. The number of sulfonamides is 1. The van der Waals surface area contributed by atoms with Crippen molar-refractivity contribution in [3.63, 3.8) is 0 Å². The van der Waals surface area contributed by atoms with Crippen LogP contribution in [-0.2, 0) is 14.8 Å². The topological polar surface area (TPSA) is 66.5 Å². The van der Waals surface area contributed by atoms with Crippen LogP contribution in [-0.4, -0.2) is 26.6 Å². The minimum atomic E-state index is -3.69. The van der Waals surface area contributed by atoms with Crippen LogP contribution in [0, 0.1) is 20.8 Å². The fraction of sp³-hybridized carbons (Fsp3) is 0.381.